The molecule has 3 fully saturated rings. The fraction of sp³-hybridized carbons (Fsp3) is 0.478. The van der Waals surface area contributed by atoms with Gasteiger partial charge in [0.1, 0.15) is 3.58 Å². The van der Waals surface area contributed by atoms with Crippen molar-refractivity contribution in [2.45, 2.75) is 56.6 Å². The highest BCUT2D eigenvalue weighted by atomic mass is 127. The molecule has 3 heterocycles. The molecule has 3 atom stereocenters. The maximum Gasteiger partial charge on any atom is 0.345 e. The lowest BCUT2D eigenvalue weighted by atomic mass is 9.70. The van der Waals surface area contributed by atoms with Gasteiger partial charge in [-0.15, -0.1) is 0 Å². The Balaban J connectivity index is 1.75. The van der Waals surface area contributed by atoms with Gasteiger partial charge < -0.3 is 9.64 Å². The average Bonchev–Trinajstić information content (AvgIpc) is 3.18. The highest BCUT2D eigenvalue weighted by Crippen LogP contribution is 2.65. The van der Waals surface area contributed by atoms with Crippen molar-refractivity contribution in [3.05, 3.63) is 48.1 Å². The smallest absolute Gasteiger partial charge is 0.345 e. The molecule has 1 amide bonds. The highest BCUT2D eigenvalue weighted by molar-refractivity contribution is 14.1. The van der Waals surface area contributed by atoms with Crippen LogP contribution in [0.1, 0.15) is 51.0 Å². The summed E-state index contributed by atoms with van der Waals surface area (Å²) in [6, 6.07) is 8.44. The SMILES string of the molecule is CC1=C(I)C(=O)OC12/C(=C/c1ccc(I)cc1)CC1CCCCN3C(=O)CCC132. The fourth-order valence-corrected chi connectivity index (χ4v) is 7.11. The minimum absolute atomic E-state index is 0.220. The number of amides is 1. The zero-order valence-corrected chi connectivity index (χ0v) is 20.7. The molecule has 3 unspecified atom stereocenters. The molecule has 4 aliphatic rings. The van der Waals surface area contributed by atoms with Crippen molar-refractivity contribution in [1.82, 2.24) is 4.90 Å². The summed E-state index contributed by atoms with van der Waals surface area (Å²) in [6.45, 7) is 2.81. The van der Waals surface area contributed by atoms with E-state index < -0.39 is 11.1 Å². The molecule has 3 aliphatic heterocycles. The van der Waals surface area contributed by atoms with E-state index in [1.165, 1.54) is 3.57 Å². The minimum Gasteiger partial charge on any atom is -0.443 e. The molecule has 2 spiro atoms. The van der Waals surface area contributed by atoms with Crippen molar-refractivity contribution < 1.29 is 14.3 Å². The van der Waals surface area contributed by atoms with Crippen LogP contribution in [0.3, 0.4) is 0 Å². The number of ether oxygens (including phenoxy) is 1. The second kappa shape index (κ2) is 7.07. The lowest BCUT2D eigenvalue weighted by Gasteiger charge is -2.48. The van der Waals surface area contributed by atoms with Gasteiger partial charge in [-0.1, -0.05) is 24.6 Å². The van der Waals surface area contributed by atoms with Gasteiger partial charge in [-0.2, -0.15) is 0 Å². The topological polar surface area (TPSA) is 46.6 Å². The third-order valence-electron chi connectivity index (χ3n) is 7.38. The molecule has 1 aromatic rings. The lowest BCUT2D eigenvalue weighted by Crippen LogP contribution is -2.63. The minimum atomic E-state index is -0.815. The maximum atomic E-state index is 13.0. The van der Waals surface area contributed by atoms with Gasteiger partial charge in [-0.3, -0.25) is 4.79 Å². The molecule has 0 aromatic heterocycles. The Bertz CT molecular complexity index is 967. The van der Waals surface area contributed by atoms with Crippen molar-refractivity contribution in [3.8, 4) is 0 Å². The molecular formula is C23H23I2NO3. The Morgan fingerprint density at radius 2 is 1.93 bits per heavy atom. The number of benzene rings is 1. The molecule has 6 heteroatoms. The van der Waals surface area contributed by atoms with Gasteiger partial charge >= 0.3 is 5.97 Å². The van der Waals surface area contributed by atoms with Gasteiger partial charge in [0.15, 0.2) is 5.60 Å². The third kappa shape index (κ3) is 2.66. The molecule has 0 bridgehead atoms. The normalized spacial score (nSPS) is 35.3. The van der Waals surface area contributed by atoms with Crippen LogP contribution in [-0.2, 0) is 14.3 Å². The van der Waals surface area contributed by atoms with Crippen LogP contribution in [0.5, 0.6) is 0 Å². The van der Waals surface area contributed by atoms with Gasteiger partial charge in [0.2, 0.25) is 5.91 Å². The molecular weight excluding hydrogens is 592 g/mol. The quantitative estimate of drug-likeness (QED) is 0.321. The average molecular weight is 615 g/mol. The molecule has 29 heavy (non-hydrogen) atoms. The van der Waals surface area contributed by atoms with Gasteiger partial charge in [-0.05, 0) is 113 Å². The van der Waals surface area contributed by atoms with Crippen LogP contribution in [0.15, 0.2) is 39.0 Å². The summed E-state index contributed by atoms with van der Waals surface area (Å²) in [7, 11) is 0. The molecule has 152 valence electrons. The van der Waals surface area contributed by atoms with Crippen LogP contribution < -0.4 is 0 Å². The Hall–Kier alpha value is -0.900. The molecule has 0 N–H and O–H groups in total. The third-order valence-corrected chi connectivity index (χ3v) is 9.35. The van der Waals surface area contributed by atoms with E-state index in [4.69, 9.17) is 4.74 Å². The van der Waals surface area contributed by atoms with E-state index in [0.29, 0.717) is 15.9 Å². The van der Waals surface area contributed by atoms with E-state index >= 15 is 0 Å². The molecule has 1 saturated carbocycles. The van der Waals surface area contributed by atoms with Crippen LogP contribution in [0.4, 0.5) is 0 Å². The van der Waals surface area contributed by atoms with Crippen molar-refractivity contribution in [3.63, 3.8) is 0 Å². The second-order valence-electron chi connectivity index (χ2n) is 8.60. The predicted octanol–water partition coefficient (Wildman–Crippen LogP) is 5.24. The first-order valence-electron chi connectivity index (χ1n) is 10.3. The molecule has 0 radical (unpaired) electrons. The first-order valence-corrected chi connectivity index (χ1v) is 12.4. The predicted molar refractivity (Wildman–Crippen MR) is 128 cm³/mol. The number of carbonyl (C=O) groups is 2. The van der Waals surface area contributed by atoms with Gasteiger partial charge in [0.25, 0.3) is 0 Å². The fourth-order valence-electron chi connectivity index (χ4n) is 6.26. The van der Waals surface area contributed by atoms with E-state index in [0.717, 1.165) is 55.4 Å². The standard InChI is InChI=1S/C23H23I2NO3/c1-14-20(25)21(28)29-23(14)17(12-15-5-7-18(24)8-6-15)13-16-4-2-3-11-26-19(27)9-10-22(16,23)26/h5-8,12,16H,2-4,9-11,13H2,1H3/b17-12+. The summed E-state index contributed by atoms with van der Waals surface area (Å²) in [5.74, 6) is 0.310. The second-order valence-corrected chi connectivity index (χ2v) is 10.9. The number of nitrogens with zero attached hydrogens (tertiary/aromatic N) is 1. The van der Waals surface area contributed by atoms with Crippen molar-refractivity contribution in [2.24, 2.45) is 5.92 Å². The van der Waals surface area contributed by atoms with E-state index in [2.05, 4.69) is 80.4 Å². The monoisotopic (exact) mass is 615 g/mol. The van der Waals surface area contributed by atoms with Crippen LogP contribution in [0, 0.1) is 9.49 Å². The number of rotatable bonds is 1. The number of esters is 1. The van der Waals surface area contributed by atoms with Gasteiger partial charge in [0, 0.05) is 16.5 Å². The Morgan fingerprint density at radius 3 is 2.62 bits per heavy atom. The zero-order chi connectivity index (χ0) is 20.4. The van der Waals surface area contributed by atoms with E-state index in [1.807, 2.05) is 6.92 Å². The van der Waals surface area contributed by atoms with Gasteiger partial charge in [-0.25, -0.2) is 4.79 Å². The van der Waals surface area contributed by atoms with Crippen LogP contribution in [0.25, 0.3) is 6.08 Å². The number of carbonyl (C=O) groups excluding carboxylic acids is 2. The summed E-state index contributed by atoms with van der Waals surface area (Å²) in [5, 5.41) is 0. The maximum absolute atomic E-state index is 13.0. The molecule has 5 rings (SSSR count). The lowest BCUT2D eigenvalue weighted by molar-refractivity contribution is -0.158. The molecule has 2 saturated heterocycles. The number of hydrogen-bond acceptors (Lipinski definition) is 3. The van der Waals surface area contributed by atoms with E-state index in [9.17, 15) is 9.59 Å². The summed E-state index contributed by atoms with van der Waals surface area (Å²) >= 11 is 4.44. The summed E-state index contributed by atoms with van der Waals surface area (Å²) in [6.07, 6.45) is 7.65. The Labute approximate surface area is 198 Å². The van der Waals surface area contributed by atoms with E-state index in [1.54, 1.807) is 0 Å². The Kier molecular flexibility index (Phi) is 4.88. The van der Waals surface area contributed by atoms with Crippen LogP contribution in [0.2, 0.25) is 0 Å². The number of halogens is 2. The molecule has 1 aliphatic carbocycles. The summed E-state index contributed by atoms with van der Waals surface area (Å²) < 4.78 is 8.21. The highest BCUT2D eigenvalue weighted by Gasteiger charge is 2.73. The largest absolute Gasteiger partial charge is 0.443 e. The number of hydrogen-bond donors (Lipinski definition) is 0. The van der Waals surface area contributed by atoms with Crippen molar-refractivity contribution in [2.75, 3.05) is 6.54 Å². The first kappa shape index (κ1) is 20.0. The molecule has 1 aromatic carbocycles. The van der Waals surface area contributed by atoms with E-state index in [-0.39, 0.29) is 11.9 Å². The summed E-state index contributed by atoms with van der Waals surface area (Å²) in [5.41, 5.74) is 2.02. The van der Waals surface area contributed by atoms with Crippen LogP contribution in [-0.4, -0.2) is 34.5 Å². The van der Waals surface area contributed by atoms with Crippen LogP contribution >= 0.6 is 45.2 Å². The van der Waals surface area contributed by atoms with Crippen molar-refractivity contribution in [1.29, 1.82) is 0 Å². The summed E-state index contributed by atoms with van der Waals surface area (Å²) in [4.78, 5) is 27.9. The van der Waals surface area contributed by atoms with Crippen molar-refractivity contribution >= 4 is 63.1 Å². The first-order chi connectivity index (χ1) is 13.9. The zero-order valence-electron chi connectivity index (χ0n) is 16.3. The molecule has 4 nitrogen and oxygen atoms in total. The van der Waals surface area contributed by atoms with Gasteiger partial charge in [0.05, 0.1) is 5.54 Å². The Morgan fingerprint density at radius 1 is 1.17 bits per heavy atom.